The Morgan fingerprint density at radius 3 is 1.32 bits per heavy atom. The van der Waals surface area contributed by atoms with Crippen LogP contribution in [0.15, 0.2) is 122 Å². The van der Waals surface area contributed by atoms with Crippen molar-refractivity contribution in [1.29, 1.82) is 0 Å². The molecule has 3 aliphatic rings. The molecule has 0 fully saturated rings. The maximum atomic E-state index is 5.49. The number of hydrogen-bond donors (Lipinski definition) is 2. The predicted molar refractivity (Wildman–Crippen MR) is 237 cm³/mol. The predicted octanol–water partition coefficient (Wildman–Crippen LogP) is 13.2. The number of H-pyrrole nitrogens is 2. The van der Waals surface area contributed by atoms with Gasteiger partial charge >= 0.3 is 0 Å². The van der Waals surface area contributed by atoms with Crippen LogP contribution in [0.3, 0.4) is 0 Å². The summed E-state index contributed by atoms with van der Waals surface area (Å²) in [6.45, 7) is 9.67. The van der Waals surface area contributed by atoms with Crippen molar-refractivity contribution in [3.63, 3.8) is 0 Å². The molecule has 3 aliphatic heterocycles. The molecular weight excluding hydrogens is 683 g/mol. The van der Waals surface area contributed by atoms with Crippen molar-refractivity contribution in [2.45, 2.75) is 52.9 Å². The summed E-state index contributed by atoms with van der Waals surface area (Å²) < 4.78 is 0. The highest BCUT2D eigenvalue weighted by atomic mass is 15.1. The number of rotatable bonds is 8. The van der Waals surface area contributed by atoms with Crippen LogP contribution in [0.25, 0.3) is 79.8 Å². The van der Waals surface area contributed by atoms with E-state index in [1.807, 2.05) is 0 Å². The van der Waals surface area contributed by atoms with Crippen molar-refractivity contribution in [1.82, 2.24) is 24.8 Å². The lowest BCUT2D eigenvalue weighted by Crippen LogP contribution is -2.15. The molecule has 0 saturated heterocycles. The van der Waals surface area contributed by atoms with Gasteiger partial charge in [-0.15, -0.1) is 0 Å². The summed E-state index contributed by atoms with van der Waals surface area (Å²) in [5, 5.41) is 0. The molecule has 0 amide bonds. The molecule has 5 nitrogen and oxygen atoms in total. The molecule has 6 aromatic rings. The van der Waals surface area contributed by atoms with Crippen LogP contribution in [-0.4, -0.2) is 31.4 Å². The summed E-state index contributed by atoms with van der Waals surface area (Å²) in [5.74, 6) is 0.0311. The van der Waals surface area contributed by atoms with E-state index in [1.165, 1.54) is 36.0 Å². The van der Waals surface area contributed by atoms with Gasteiger partial charge in [-0.3, -0.25) is 0 Å². The zero-order chi connectivity index (χ0) is 38.2. The van der Waals surface area contributed by atoms with E-state index in [0.717, 1.165) is 90.3 Å². The quantitative estimate of drug-likeness (QED) is 0.153. The summed E-state index contributed by atoms with van der Waals surface area (Å²) in [7, 11) is 0. The number of benzene rings is 3. The van der Waals surface area contributed by atoms with Crippen molar-refractivity contribution in [3.05, 3.63) is 167 Å². The third-order valence-electron chi connectivity index (χ3n) is 11.1. The summed E-state index contributed by atoms with van der Waals surface area (Å²) in [4.78, 5) is 21.0. The molecule has 0 aliphatic carbocycles. The zero-order valence-corrected chi connectivity index (χ0v) is 32.6. The average Bonchev–Trinajstić information content (AvgIpc) is 4.06. The van der Waals surface area contributed by atoms with Gasteiger partial charge in [0.2, 0.25) is 0 Å². The summed E-state index contributed by atoms with van der Waals surface area (Å²) in [6, 6.07) is 35.1. The summed E-state index contributed by atoms with van der Waals surface area (Å²) in [5.41, 5.74) is 19.1. The van der Waals surface area contributed by atoms with Crippen LogP contribution in [-0.2, 0) is 0 Å². The Hall–Kier alpha value is -6.46. The highest BCUT2D eigenvalue weighted by Crippen LogP contribution is 2.38. The lowest BCUT2D eigenvalue weighted by molar-refractivity contribution is 0.467. The highest BCUT2D eigenvalue weighted by Gasteiger charge is 2.21. The van der Waals surface area contributed by atoms with E-state index >= 15 is 0 Å². The first-order chi connectivity index (χ1) is 27.4. The van der Waals surface area contributed by atoms with Gasteiger partial charge in [-0.2, -0.15) is 0 Å². The molecule has 9 rings (SSSR count). The molecule has 5 heteroatoms. The van der Waals surface area contributed by atoms with Crippen LogP contribution in [0.5, 0.6) is 0 Å². The highest BCUT2D eigenvalue weighted by molar-refractivity contribution is 5.98. The van der Waals surface area contributed by atoms with E-state index in [4.69, 9.17) is 9.97 Å². The van der Waals surface area contributed by atoms with Crippen LogP contribution in [0.1, 0.15) is 77.1 Å². The molecule has 276 valence electrons. The van der Waals surface area contributed by atoms with Crippen molar-refractivity contribution in [2.24, 2.45) is 0 Å². The van der Waals surface area contributed by atoms with Crippen molar-refractivity contribution in [2.75, 3.05) is 6.54 Å². The second-order valence-electron chi connectivity index (χ2n) is 15.3. The van der Waals surface area contributed by atoms with Gasteiger partial charge in [-0.25, -0.2) is 9.97 Å². The first kappa shape index (κ1) is 35.3. The average molecular weight is 730 g/mol. The second kappa shape index (κ2) is 15.0. The molecule has 3 aromatic heterocycles. The molecule has 3 aromatic carbocycles. The van der Waals surface area contributed by atoms with Crippen LogP contribution in [0.4, 0.5) is 0 Å². The van der Waals surface area contributed by atoms with Gasteiger partial charge < -0.3 is 14.9 Å². The van der Waals surface area contributed by atoms with Crippen molar-refractivity contribution >= 4 is 46.4 Å². The molecule has 2 N–H and O–H groups in total. The van der Waals surface area contributed by atoms with E-state index in [2.05, 4.69) is 188 Å². The van der Waals surface area contributed by atoms with Gasteiger partial charge in [-0.05, 0) is 92.5 Å². The topological polar surface area (TPSA) is 60.6 Å². The Kier molecular flexibility index (Phi) is 9.44. The Morgan fingerprint density at radius 2 is 0.875 bits per heavy atom. The third-order valence-corrected chi connectivity index (χ3v) is 11.1. The number of aryl methyl sites for hydroxylation is 3. The fourth-order valence-electron chi connectivity index (χ4n) is 8.06. The molecular formula is C51H47N5. The lowest BCUT2D eigenvalue weighted by atomic mass is 9.95. The number of fused-ring (bicyclic) bond motifs is 8. The van der Waals surface area contributed by atoms with Gasteiger partial charge in [0.1, 0.15) is 0 Å². The first-order valence-corrected chi connectivity index (χ1v) is 19.9. The number of aromatic nitrogens is 4. The van der Waals surface area contributed by atoms with E-state index in [0.29, 0.717) is 0 Å². The van der Waals surface area contributed by atoms with Crippen molar-refractivity contribution < 1.29 is 0 Å². The molecule has 0 saturated carbocycles. The van der Waals surface area contributed by atoms with E-state index in [-0.39, 0.29) is 5.92 Å². The zero-order valence-electron chi connectivity index (χ0n) is 32.6. The van der Waals surface area contributed by atoms with E-state index < -0.39 is 0 Å². The lowest BCUT2D eigenvalue weighted by Gasteiger charge is -2.22. The van der Waals surface area contributed by atoms with Gasteiger partial charge in [0.15, 0.2) is 0 Å². The normalized spacial score (nSPS) is 13.6. The smallest absolute Gasteiger partial charge is 0.0737 e. The number of allylic oxidation sites excluding steroid dienone is 2. The van der Waals surface area contributed by atoms with Crippen LogP contribution >= 0.6 is 0 Å². The summed E-state index contributed by atoms with van der Waals surface area (Å²) >= 11 is 0. The van der Waals surface area contributed by atoms with Gasteiger partial charge in [0.05, 0.1) is 22.8 Å². The van der Waals surface area contributed by atoms with Crippen LogP contribution < -0.4 is 0 Å². The fourth-order valence-corrected chi connectivity index (χ4v) is 8.06. The molecule has 0 unspecified atom stereocenters. The van der Waals surface area contributed by atoms with Gasteiger partial charge in [0, 0.05) is 69.2 Å². The number of nitrogens with one attached hydrogen (secondary N) is 2. The van der Waals surface area contributed by atoms with E-state index in [1.54, 1.807) is 0 Å². The number of hydrogen-bond acceptors (Lipinski definition) is 3. The number of aromatic amines is 2. The maximum absolute atomic E-state index is 5.49. The maximum Gasteiger partial charge on any atom is 0.0737 e. The Bertz CT molecular complexity index is 2660. The van der Waals surface area contributed by atoms with Crippen LogP contribution in [0, 0.1) is 20.8 Å². The molecule has 0 spiro atoms. The molecule has 6 heterocycles. The number of unbranched alkanes of at least 4 members (excludes halogenated alkanes) is 2. The Morgan fingerprint density at radius 1 is 0.482 bits per heavy atom. The summed E-state index contributed by atoms with van der Waals surface area (Å²) in [6.07, 6.45) is 21.4. The molecule has 0 radical (unpaired) electrons. The minimum atomic E-state index is 0.0311. The van der Waals surface area contributed by atoms with Gasteiger partial charge in [-0.1, -0.05) is 121 Å². The van der Waals surface area contributed by atoms with Crippen LogP contribution in [0.2, 0.25) is 0 Å². The third kappa shape index (κ3) is 6.86. The standard InChI is InChI=1S/C51H47N5/c1-5-6-7-30-56-31-28-39(29-32-56)51-46-26-24-44(54-46)49(37-16-10-34(3)11-17-37)42-22-20-40(52-42)48(36-14-8-33(2)9-15-36)41-21-23-43(53-41)50(45-25-27-47(51)55-45)38-18-12-35(4)13-19-38/h8-29,31-32,39,52,55H,5-7,30H2,1-4H3. The second-order valence-corrected chi connectivity index (χ2v) is 15.3. The first-order valence-electron chi connectivity index (χ1n) is 19.9. The minimum Gasteiger partial charge on any atom is -0.355 e. The Labute approximate surface area is 329 Å². The van der Waals surface area contributed by atoms with E-state index in [9.17, 15) is 0 Å². The monoisotopic (exact) mass is 729 g/mol. The van der Waals surface area contributed by atoms with Gasteiger partial charge in [0.25, 0.3) is 0 Å². The molecule has 8 bridgehead atoms. The SMILES string of the molecule is CCCCCN1C=CC(c2c3nc(c(-c4ccc(C)cc4)c4ccc([nH]4)c(-c4ccc(C)cc4)c4nc(c(-c5ccc(C)cc5)c5ccc2[nH]5)C=C4)C=C3)C=C1. The largest absolute Gasteiger partial charge is 0.355 e. The number of nitrogens with zero attached hydrogens (tertiary/aromatic N) is 3. The molecule has 0 atom stereocenters. The minimum absolute atomic E-state index is 0.0311. The molecule has 56 heavy (non-hydrogen) atoms. The fraction of sp³-hybridized carbons (Fsp3) is 0.176. The van der Waals surface area contributed by atoms with Crippen molar-refractivity contribution in [3.8, 4) is 33.4 Å². The Balaban J connectivity index is 1.38.